The second kappa shape index (κ2) is 7.11. The quantitative estimate of drug-likeness (QED) is 0.824. The number of thiocarbonyl (C=S) groups is 1. The minimum absolute atomic E-state index is 0.511. The standard InChI is InChI=1S/C14H16Cl2N4S/c1-3-20-9(2)10(8-18-20)7-17-14(21)19-13-5-11(15)4-12(16)6-13/h4-6,8H,3,7H2,1-2H3,(H2,17,19,21). The molecule has 1 aromatic heterocycles. The molecule has 0 atom stereocenters. The molecule has 0 aliphatic carbocycles. The van der Waals surface area contributed by atoms with E-state index in [0.717, 1.165) is 23.5 Å². The highest BCUT2D eigenvalue weighted by atomic mass is 35.5. The Morgan fingerprint density at radius 2 is 1.95 bits per heavy atom. The second-order valence-electron chi connectivity index (χ2n) is 4.54. The summed E-state index contributed by atoms with van der Waals surface area (Å²) >= 11 is 17.2. The number of anilines is 1. The van der Waals surface area contributed by atoms with Crippen LogP contribution in [0.1, 0.15) is 18.2 Å². The van der Waals surface area contributed by atoms with Crippen molar-refractivity contribution in [2.45, 2.75) is 26.9 Å². The number of halogens is 2. The highest BCUT2D eigenvalue weighted by Gasteiger charge is 2.06. The third kappa shape index (κ3) is 4.33. The molecule has 4 nitrogen and oxygen atoms in total. The topological polar surface area (TPSA) is 41.9 Å². The summed E-state index contributed by atoms with van der Waals surface area (Å²) in [5.41, 5.74) is 3.01. The highest BCUT2D eigenvalue weighted by molar-refractivity contribution is 7.80. The van der Waals surface area contributed by atoms with Gasteiger partial charge in [0.25, 0.3) is 0 Å². The molecular weight excluding hydrogens is 327 g/mol. The smallest absolute Gasteiger partial charge is 0.171 e. The molecular formula is C14H16Cl2N4S. The van der Waals surface area contributed by atoms with E-state index in [-0.39, 0.29) is 0 Å². The fraction of sp³-hybridized carbons (Fsp3) is 0.286. The Bertz CT molecular complexity index is 634. The van der Waals surface area contributed by atoms with E-state index < -0.39 is 0 Å². The molecule has 0 fully saturated rings. The van der Waals surface area contributed by atoms with Gasteiger partial charge in [-0.15, -0.1) is 0 Å². The summed E-state index contributed by atoms with van der Waals surface area (Å²) in [4.78, 5) is 0. The van der Waals surface area contributed by atoms with Gasteiger partial charge in [-0.2, -0.15) is 5.10 Å². The first-order valence-electron chi connectivity index (χ1n) is 6.52. The van der Waals surface area contributed by atoms with Gasteiger partial charge in [-0.3, -0.25) is 4.68 Å². The normalized spacial score (nSPS) is 10.5. The van der Waals surface area contributed by atoms with Crippen LogP contribution in [0.25, 0.3) is 0 Å². The lowest BCUT2D eigenvalue weighted by atomic mass is 10.2. The van der Waals surface area contributed by atoms with Crippen molar-refractivity contribution >= 4 is 46.2 Å². The maximum absolute atomic E-state index is 5.95. The van der Waals surface area contributed by atoms with E-state index in [1.54, 1.807) is 18.2 Å². The van der Waals surface area contributed by atoms with Gasteiger partial charge in [0.2, 0.25) is 0 Å². The third-order valence-corrected chi connectivity index (χ3v) is 3.75. The molecule has 0 spiro atoms. The summed E-state index contributed by atoms with van der Waals surface area (Å²) in [6.45, 7) is 5.58. The number of benzene rings is 1. The van der Waals surface area contributed by atoms with Gasteiger partial charge in [0.05, 0.1) is 6.20 Å². The Balaban J connectivity index is 1.94. The van der Waals surface area contributed by atoms with E-state index in [9.17, 15) is 0 Å². The second-order valence-corrected chi connectivity index (χ2v) is 5.82. The number of nitrogens with one attached hydrogen (secondary N) is 2. The zero-order chi connectivity index (χ0) is 15.4. The lowest BCUT2D eigenvalue weighted by molar-refractivity contribution is 0.638. The molecule has 1 heterocycles. The van der Waals surface area contributed by atoms with Crippen LogP contribution in [0.15, 0.2) is 24.4 Å². The average Bonchev–Trinajstić information content (AvgIpc) is 2.75. The fourth-order valence-corrected chi connectivity index (χ4v) is 2.67. The van der Waals surface area contributed by atoms with Crippen LogP contribution >= 0.6 is 35.4 Å². The summed E-state index contributed by atoms with van der Waals surface area (Å²) in [6, 6.07) is 5.21. The predicted octanol–water partition coefficient (Wildman–Crippen LogP) is 4.00. The molecule has 0 unspecified atom stereocenters. The average molecular weight is 343 g/mol. The number of nitrogens with zero attached hydrogens (tertiary/aromatic N) is 2. The molecule has 112 valence electrons. The van der Waals surface area contributed by atoms with Crippen LogP contribution in [0.5, 0.6) is 0 Å². The predicted molar refractivity (Wildman–Crippen MR) is 92.2 cm³/mol. The summed E-state index contributed by atoms with van der Waals surface area (Å²) in [7, 11) is 0. The van der Waals surface area contributed by atoms with E-state index >= 15 is 0 Å². The van der Waals surface area contributed by atoms with Gasteiger partial charge in [-0.1, -0.05) is 23.2 Å². The summed E-state index contributed by atoms with van der Waals surface area (Å²) in [5.74, 6) is 0. The molecule has 1 aromatic carbocycles. The van der Waals surface area contributed by atoms with Gasteiger partial charge in [0.1, 0.15) is 0 Å². The van der Waals surface area contributed by atoms with Crippen molar-refractivity contribution in [2.75, 3.05) is 5.32 Å². The van der Waals surface area contributed by atoms with Crippen molar-refractivity contribution in [3.63, 3.8) is 0 Å². The molecule has 0 saturated heterocycles. The first-order chi connectivity index (χ1) is 9.99. The first kappa shape index (κ1) is 16.1. The lowest BCUT2D eigenvalue weighted by Crippen LogP contribution is -2.28. The molecule has 0 aliphatic heterocycles. The van der Waals surface area contributed by atoms with Crippen LogP contribution in [-0.4, -0.2) is 14.9 Å². The molecule has 21 heavy (non-hydrogen) atoms. The van der Waals surface area contributed by atoms with Crippen LogP contribution in [0.2, 0.25) is 10.0 Å². The van der Waals surface area contributed by atoms with Crippen molar-refractivity contribution in [2.24, 2.45) is 0 Å². The van der Waals surface area contributed by atoms with Crippen molar-refractivity contribution in [3.05, 3.63) is 45.7 Å². The van der Waals surface area contributed by atoms with Crippen molar-refractivity contribution < 1.29 is 0 Å². The van der Waals surface area contributed by atoms with Crippen molar-refractivity contribution in [1.82, 2.24) is 15.1 Å². The first-order valence-corrected chi connectivity index (χ1v) is 7.68. The summed E-state index contributed by atoms with van der Waals surface area (Å²) < 4.78 is 1.95. The molecule has 0 radical (unpaired) electrons. The number of hydrogen-bond donors (Lipinski definition) is 2. The van der Waals surface area contributed by atoms with E-state index in [1.165, 1.54) is 0 Å². The third-order valence-electron chi connectivity index (χ3n) is 3.06. The molecule has 7 heteroatoms. The largest absolute Gasteiger partial charge is 0.358 e. The number of aryl methyl sites for hydroxylation is 1. The maximum atomic E-state index is 5.95. The molecule has 0 aliphatic rings. The molecule has 0 bridgehead atoms. The highest BCUT2D eigenvalue weighted by Crippen LogP contribution is 2.22. The fourth-order valence-electron chi connectivity index (χ4n) is 1.95. The van der Waals surface area contributed by atoms with Crippen LogP contribution in [0.3, 0.4) is 0 Å². The SMILES string of the molecule is CCn1ncc(CNC(=S)Nc2cc(Cl)cc(Cl)c2)c1C. The molecule has 2 aromatic rings. The molecule has 2 rings (SSSR count). The van der Waals surface area contributed by atoms with E-state index in [0.29, 0.717) is 21.7 Å². The van der Waals surface area contributed by atoms with Crippen LogP contribution in [0, 0.1) is 6.92 Å². The zero-order valence-corrected chi connectivity index (χ0v) is 14.1. The Morgan fingerprint density at radius 1 is 1.29 bits per heavy atom. The Morgan fingerprint density at radius 3 is 2.52 bits per heavy atom. The van der Waals surface area contributed by atoms with E-state index in [2.05, 4.69) is 22.7 Å². The minimum atomic E-state index is 0.511. The number of rotatable bonds is 4. The number of hydrogen-bond acceptors (Lipinski definition) is 2. The summed E-state index contributed by atoms with van der Waals surface area (Å²) in [5, 5.41) is 12.1. The lowest BCUT2D eigenvalue weighted by Gasteiger charge is -2.11. The minimum Gasteiger partial charge on any atom is -0.358 e. The van der Waals surface area contributed by atoms with Gasteiger partial charge in [0.15, 0.2) is 5.11 Å². The van der Waals surface area contributed by atoms with Crippen molar-refractivity contribution in [3.8, 4) is 0 Å². The van der Waals surface area contributed by atoms with Crippen LogP contribution < -0.4 is 10.6 Å². The van der Waals surface area contributed by atoms with Crippen LogP contribution in [0.4, 0.5) is 5.69 Å². The zero-order valence-electron chi connectivity index (χ0n) is 11.8. The van der Waals surface area contributed by atoms with Gasteiger partial charge >= 0.3 is 0 Å². The van der Waals surface area contributed by atoms with Gasteiger partial charge in [0, 0.05) is 40.1 Å². The Kier molecular flexibility index (Phi) is 5.45. The number of aromatic nitrogens is 2. The van der Waals surface area contributed by atoms with E-state index in [4.69, 9.17) is 35.4 Å². The van der Waals surface area contributed by atoms with Gasteiger partial charge < -0.3 is 10.6 Å². The molecule has 2 N–H and O–H groups in total. The molecule has 0 saturated carbocycles. The van der Waals surface area contributed by atoms with Crippen molar-refractivity contribution in [1.29, 1.82) is 0 Å². The van der Waals surface area contributed by atoms with Gasteiger partial charge in [-0.05, 0) is 44.3 Å². The maximum Gasteiger partial charge on any atom is 0.171 e. The van der Waals surface area contributed by atoms with Crippen LogP contribution in [-0.2, 0) is 13.1 Å². The molecule has 0 amide bonds. The van der Waals surface area contributed by atoms with Gasteiger partial charge in [-0.25, -0.2) is 0 Å². The Hall–Kier alpha value is -1.30. The monoisotopic (exact) mass is 342 g/mol. The Labute approximate surface area is 139 Å². The summed E-state index contributed by atoms with van der Waals surface area (Å²) in [6.07, 6.45) is 1.85. The van der Waals surface area contributed by atoms with E-state index in [1.807, 2.05) is 17.8 Å².